The number of pyridine rings is 1. The van der Waals surface area contributed by atoms with E-state index in [2.05, 4.69) is 10.3 Å². The van der Waals surface area contributed by atoms with E-state index in [1.165, 1.54) is 0 Å². The number of hydrogen-bond acceptors (Lipinski definition) is 6. The largest absolute Gasteiger partial charge is 0.495 e. The number of halogens is 1. The molecule has 188 valence electrons. The molecule has 1 saturated carbocycles. The maximum atomic E-state index is 13.1. The van der Waals surface area contributed by atoms with Gasteiger partial charge in [-0.2, -0.15) is 5.10 Å². The summed E-state index contributed by atoms with van der Waals surface area (Å²) in [6.45, 7) is 0.769. The first-order valence-electron chi connectivity index (χ1n) is 12.3. The molecule has 3 heterocycles. The number of methoxy groups -OCH3 is 1. The number of carbonyl (C=O) groups excluding carboxylic acids is 2. The summed E-state index contributed by atoms with van der Waals surface area (Å²) >= 11 is 6.37. The molecule has 2 aromatic heterocycles. The standard InChI is InChI=1S/C26H29ClN6O3/c1-36-22-8-6-18(16-20(22)27)25-30-24(17-10-12-28-13-11-17)31-32(25)15-14-29-26(35)21-7-9-23(34)33(21)19-4-2-3-5-19/h6,8,10-13,16,19,21H,2-5,7,9,14-15H2,1H3,(H,29,35)/t21-/m0/s1. The first-order chi connectivity index (χ1) is 17.5. The highest BCUT2D eigenvalue weighted by molar-refractivity contribution is 6.32. The molecule has 1 N–H and O–H groups in total. The zero-order valence-corrected chi connectivity index (χ0v) is 20.9. The molecule has 0 bridgehead atoms. The molecule has 36 heavy (non-hydrogen) atoms. The van der Waals surface area contributed by atoms with Crippen molar-refractivity contribution in [3.8, 4) is 28.5 Å². The van der Waals surface area contributed by atoms with Crippen LogP contribution in [0, 0.1) is 0 Å². The third-order valence-corrected chi connectivity index (χ3v) is 7.21. The Morgan fingerprint density at radius 1 is 1.14 bits per heavy atom. The topological polar surface area (TPSA) is 102 Å². The van der Waals surface area contributed by atoms with E-state index in [4.69, 9.17) is 26.4 Å². The van der Waals surface area contributed by atoms with Crippen molar-refractivity contribution in [2.75, 3.05) is 13.7 Å². The van der Waals surface area contributed by atoms with E-state index >= 15 is 0 Å². The number of rotatable bonds is 8. The number of hydrogen-bond donors (Lipinski definition) is 1. The van der Waals surface area contributed by atoms with Crippen molar-refractivity contribution in [1.82, 2.24) is 30.0 Å². The van der Waals surface area contributed by atoms with Crippen molar-refractivity contribution in [2.24, 2.45) is 0 Å². The van der Waals surface area contributed by atoms with Gasteiger partial charge in [-0.1, -0.05) is 24.4 Å². The van der Waals surface area contributed by atoms with Crippen LogP contribution in [0.4, 0.5) is 0 Å². The van der Waals surface area contributed by atoms with Gasteiger partial charge < -0.3 is 15.0 Å². The highest BCUT2D eigenvalue weighted by Gasteiger charge is 2.40. The number of ether oxygens (including phenoxy) is 1. The molecule has 1 atom stereocenters. The average molecular weight is 509 g/mol. The maximum Gasteiger partial charge on any atom is 0.242 e. The molecule has 0 radical (unpaired) electrons. The molecule has 0 unspecified atom stereocenters. The molecule has 2 amide bonds. The van der Waals surface area contributed by atoms with E-state index in [0.717, 1.165) is 36.8 Å². The summed E-state index contributed by atoms with van der Waals surface area (Å²) in [7, 11) is 1.57. The molecule has 2 aliphatic rings. The molecule has 10 heteroatoms. The summed E-state index contributed by atoms with van der Waals surface area (Å²) in [4.78, 5) is 36.2. The minimum atomic E-state index is -0.386. The fourth-order valence-electron chi connectivity index (χ4n) is 5.14. The molecular formula is C26H29ClN6O3. The fraction of sp³-hybridized carbons (Fsp3) is 0.423. The lowest BCUT2D eigenvalue weighted by Gasteiger charge is -2.30. The second-order valence-corrected chi connectivity index (χ2v) is 9.56. The Kier molecular flexibility index (Phi) is 7.18. The van der Waals surface area contributed by atoms with Crippen LogP contribution >= 0.6 is 11.6 Å². The predicted octanol–water partition coefficient (Wildman–Crippen LogP) is 3.72. The number of benzene rings is 1. The van der Waals surface area contributed by atoms with Gasteiger partial charge >= 0.3 is 0 Å². The smallest absolute Gasteiger partial charge is 0.242 e. The summed E-state index contributed by atoms with van der Waals surface area (Å²) in [5, 5.41) is 8.20. The lowest BCUT2D eigenvalue weighted by Crippen LogP contribution is -2.49. The van der Waals surface area contributed by atoms with E-state index in [1.54, 1.807) is 36.3 Å². The Morgan fingerprint density at radius 2 is 1.92 bits per heavy atom. The molecule has 1 aromatic carbocycles. The van der Waals surface area contributed by atoms with Gasteiger partial charge in [0.2, 0.25) is 11.8 Å². The Balaban J connectivity index is 1.33. The first kappa shape index (κ1) is 24.2. The van der Waals surface area contributed by atoms with Crippen LogP contribution in [0.15, 0.2) is 42.7 Å². The third-order valence-electron chi connectivity index (χ3n) is 6.92. The molecule has 1 aliphatic heterocycles. The van der Waals surface area contributed by atoms with Crippen LogP contribution in [0.3, 0.4) is 0 Å². The van der Waals surface area contributed by atoms with E-state index < -0.39 is 0 Å². The number of nitrogens with zero attached hydrogens (tertiary/aromatic N) is 5. The van der Waals surface area contributed by atoms with Crippen molar-refractivity contribution < 1.29 is 14.3 Å². The van der Waals surface area contributed by atoms with Crippen LogP contribution in [0.1, 0.15) is 38.5 Å². The molecular weight excluding hydrogens is 480 g/mol. The number of carbonyl (C=O) groups is 2. The van der Waals surface area contributed by atoms with E-state index in [1.807, 2.05) is 23.1 Å². The highest BCUT2D eigenvalue weighted by atomic mass is 35.5. The Labute approximate surface area is 214 Å². The van der Waals surface area contributed by atoms with E-state index in [0.29, 0.717) is 48.4 Å². The van der Waals surface area contributed by atoms with Gasteiger partial charge in [0.25, 0.3) is 0 Å². The van der Waals surface area contributed by atoms with Gasteiger partial charge in [0.1, 0.15) is 11.8 Å². The van der Waals surface area contributed by atoms with E-state index in [9.17, 15) is 9.59 Å². The Morgan fingerprint density at radius 3 is 2.64 bits per heavy atom. The van der Waals surface area contributed by atoms with Crippen LogP contribution in [0.25, 0.3) is 22.8 Å². The number of aromatic nitrogens is 4. The molecule has 5 rings (SSSR count). The second kappa shape index (κ2) is 10.7. The summed E-state index contributed by atoms with van der Waals surface area (Å²) < 4.78 is 7.04. The van der Waals surface area contributed by atoms with Gasteiger partial charge in [-0.05, 0) is 49.6 Å². The normalized spacial score (nSPS) is 18.1. The summed E-state index contributed by atoms with van der Waals surface area (Å²) in [6, 6.07) is 8.97. The van der Waals surface area contributed by atoms with Gasteiger partial charge in [-0.15, -0.1) is 0 Å². The van der Waals surface area contributed by atoms with Crippen LogP contribution in [0.2, 0.25) is 5.02 Å². The quantitative estimate of drug-likeness (QED) is 0.497. The lowest BCUT2D eigenvalue weighted by molar-refractivity contribution is -0.137. The second-order valence-electron chi connectivity index (χ2n) is 9.15. The average Bonchev–Trinajstić information content (AvgIpc) is 3.64. The van der Waals surface area contributed by atoms with Gasteiger partial charge in [0.15, 0.2) is 11.6 Å². The van der Waals surface area contributed by atoms with Crippen LogP contribution < -0.4 is 10.1 Å². The van der Waals surface area contributed by atoms with Crippen molar-refractivity contribution >= 4 is 23.4 Å². The minimum Gasteiger partial charge on any atom is -0.495 e. The molecule has 2 fully saturated rings. The van der Waals surface area contributed by atoms with Crippen molar-refractivity contribution in [3.05, 3.63) is 47.7 Å². The summed E-state index contributed by atoms with van der Waals surface area (Å²) in [5.74, 6) is 1.75. The molecule has 1 aliphatic carbocycles. The third kappa shape index (κ3) is 4.93. The van der Waals surface area contributed by atoms with Crippen molar-refractivity contribution in [1.29, 1.82) is 0 Å². The van der Waals surface area contributed by atoms with Crippen LogP contribution in [-0.4, -0.2) is 62.2 Å². The molecule has 9 nitrogen and oxygen atoms in total. The monoisotopic (exact) mass is 508 g/mol. The molecule has 0 spiro atoms. The van der Waals surface area contributed by atoms with Crippen LogP contribution in [-0.2, 0) is 16.1 Å². The summed E-state index contributed by atoms with van der Waals surface area (Å²) in [5.41, 5.74) is 1.62. The minimum absolute atomic E-state index is 0.0963. The number of likely N-dealkylation sites (tertiary alicyclic amines) is 1. The van der Waals surface area contributed by atoms with Crippen molar-refractivity contribution in [2.45, 2.75) is 57.2 Å². The molecule has 1 saturated heterocycles. The lowest BCUT2D eigenvalue weighted by atomic mass is 10.1. The number of nitrogens with one attached hydrogen (secondary N) is 1. The van der Waals surface area contributed by atoms with Gasteiger partial charge in [-0.3, -0.25) is 14.6 Å². The zero-order chi connectivity index (χ0) is 25.1. The Bertz CT molecular complexity index is 1240. The highest BCUT2D eigenvalue weighted by Crippen LogP contribution is 2.32. The van der Waals surface area contributed by atoms with Gasteiger partial charge in [-0.25, -0.2) is 9.67 Å². The predicted molar refractivity (Wildman–Crippen MR) is 135 cm³/mol. The molecule has 3 aromatic rings. The Hall–Kier alpha value is -3.46. The zero-order valence-electron chi connectivity index (χ0n) is 20.2. The van der Waals surface area contributed by atoms with E-state index in [-0.39, 0.29) is 23.9 Å². The fourth-order valence-corrected chi connectivity index (χ4v) is 5.40. The first-order valence-corrected chi connectivity index (χ1v) is 12.7. The van der Waals surface area contributed by atoms with Crippen LogP contribution in [0.5, 0.6) is 5.75 Å². The van der Waals surface area contributed by atoms with Gasteiger partial charge in [0, 0.05) is 42.5 Å². The SMILES string of the molecule is COc1ccc(-c2nc(-c3ccncc3)nn2CCNC(=O)[C@@H]2CCC(=O)N2C2CCCC2)cc1Cl. The number of amides is 2. The maximum absolute atomic E-state index is 13.1. The summed E-state index contributed by atoms with van der Waals surface area (Å²) in [6.07, 6.45) is 8.61. The van der Waals surface area contributed by atoms with Gasteiger partial charge in [0.05, 0.1) is 18.7 Å². The van der Waals surface area contributed by atoms with Crippen molar-refractivity contribution in [3.63, 3.8) is 0 Å².